The number of anilines is 1. The van der Waals surface area contributed by atoms with Gasteiger partial charge in [0, 0.05) is 16.7 Å². The van der Waals surface area contributed by atoms with Crippen LogP contribution in [-0.4, -0.2) is 11.7 Å². The highest BCUT2D eigenvalue weighted by molar-refractivity contribution is 9.10. The summed E-state index contributed by atoms with van der Waals surface area (Å²) in [5.74, 6) is -0.270. The SMILES string of the molecule is OC(CNc1ccc(F)cc1)c1cccc(Br)c1. The fourth-order valence-corrected chi connectivity index (χ4v) is 2.03. The van der Waals surface area contributed by atoms with Crippen molar-refractivity contribution in [2.24, 2.45) is 0 Å². The van der Waals surface area contributed by atoms with Crippen molar-refractivity contribution in [1.29, 1.82) is 0 Å². The van der Waals surface area contributed by atoms with Gasteiger partial charge in [-0.1, -0.05) is 28.1 Å². The lowest BCUT2D eigenvalue weighted by Crippen LogP contribution is -2.12. The summed E-state index contributed by atoms with van der Waals surface area (Å²) in [6.45, 7) is 0.377. The Morgan fingerprint density at radius 3 is 2.56 bits per heavy atom. The topological polar surface area (TPSA) is 32.3 Å². The van der Waals surface area contributed by atoms with Crippen molar-refractivity contribution in [2.45, 2.75) is 6.10 Å². The number of aliphatic hydroxyl groups is 1. The van der Waals surface area contributed by atoms with Gasteiger partial charge in [0.15, 0.2) is 0 Å². The summed E-state index contributed by atoms with van der Waals surface area (Å²) in [4.78, 5) is 0. The molecule has 2 N–H and O–H groups in total. The van der Waals surface area contributed by atoms with Crippen molar-refractivity contribution in [1.82, 2.24) is 0 Å². The van der Waals surface area contributed by atoms with Gasteiger partial charge in [-0.15, -0.1) is 0 Å². The van der Waals surface area contributed by atoms with Gasteiger partial charge in [0.2, 0.25) is 0 Å². The molecule has 0 fully saturated rings. The molecule has 94 valence electrons. The lowest BCUT2D eigenvalue weighted by atomic mass is 10.1. The minimum absolute atomic E-state index is 0.270. The van der Waals surface area contributed by atoms with Crippen LogP contribution in [0.25, 0.3) is 0 Å². The molecular formula is C14H13BrFNO. The van der Waals surface area contributed by atoms with E-state index in [0.29, 0.717) is 6.54 Å². The number of nitrogens with one attached hydrogen (secondary N) is 1. The second-order valence-electron chi connectivity index (χ2n) is 3.96. The molecule has 1 atom stereocenters. The molecule has 0 aliphatic carbocycles. The van der Waals surface area contributed by atoms with E-state index >= 15 is 0 Å². The van der Waals surface area contributed by atoms with Crippen LogP contribution >= 0.6 is 15.9 Å². The van der Waals surface area contributed by atoms with Gasteiger partial charge in [-0.2, -0.15) is 0 Å². The third-order valence-electron chi connectivity index (χ3n) is 2.58. The average molecular weight is 310 g/mol. The summed E-state index contributed by atoms with van der Waals surface area (Å²) in [6.07, 6.45) is -0.604. The number of rotatable bonds is 4. The summed E-state index contributed by atoms with van der Waals surface area (Å²) in [6, 6.07) is 13.6. The van der Waals surface area contributed by atoms with E-state index in [2.05, 4.69) is 21.2 Å². The lowest BCUT2D eigenvalue weighted by Gasteiger charge is -2.13. The predicted octanol–water partition coefficient (Wildman–Crippen LogP) is 3.73. The molecule has 0 aliphatic rings. The second kappa shape index (κ2) is 5.98. The van der Waals surface area contributed by atoms with Crippen LogP contribution in [0.2, 0.25) is 0 Å². The van der Waals surface area contributed by atoms with Crippen LogP contribution in [0.3, 0.4) is 0 Å². The Bertz CT molecular complexity index is 515. The highest BCUT2D eigenvalue weighted by Gasteiger charge is 2.07. The highest BCUT2D eigenvalue weighted by Crippen LogP contribution is 2.19. The van der Waals surface area contributed by atoms with Crippen molar-refractivity contribution in [3.8, 4) is 0 Å². The maximum atomic E-state index is 12.7. The number of aliphatic hydroxyl groups excluding tert-OH is 1. The first kappa shape index (κ1) is 13.1. The first-order chi connectivity index (χ1) is 8.65. The molecule has 0 saturated carbocycles. The first-order valence-electron chi connectivity index (χ1n) is 5.58. The molecule has 2 aromatic carbocycles. The third-order valence-corrected chi connectivity index (χ3v) is 3.07. The summed E-state index contributed by atoms with van der Waals surface area (Å²) in [5, 5.41) is 13.1. The van der Waals surface area contributed by atoms with Crippen LogP contribution < -0.4 is 5.32 Å². The van der Waals surface area contributed by atoms with Gasteiger partial charge in [-0.25, -0.2) is 4.39 Å². The second-order valence-corrected chi connectivity index (χ2v) is 4.87. The van der Waals surface area contributed by atoms with Gasteiger partial charge in [-0.3, -0.25) is 0 Å². The Labute approximate surface area is 114 Å². The minimum Gasteiger partial charge on any atom is -0.387 e. The quantitative estimate of drug-likeness (QED) is 0.902. The standard InChI is InChI=1S/C14H13BrFNO/c15-11-3-1-2-10(8-11)14(18)9-17-13-6-4-12(16)5-7-13/h1-8,14,17-18H,9H2. The molecule has 0 bridgehead atoms. The molecule has 0 spiro atoms. The van der Waals surface area contributed by atoms with Crippen molar-refractivity contribution in [3.63, 3.8) is 0 Å². The first-order valence-corrected chi connectivity index (χ1v) is 6.37. The Hall–Kier alpha value is -1.39. The largest absolute Gasteiger partial charge is 0.387 e. The van der Waals surface area contributed by atoms with E-state index in [-0.39, 0.29) is 5.82 Å². The molecule has 2 aromatic rings. The monoisotopic (exact) mass is 309 g/mol. The summed E-state index contributed by atoms with van der Waals surface area (Å²) < 4.78 is 13.6. The molecule has 18 heavy (non-hydrogen) atoms. The van der Waals surface area contributed by atoms with E-state index in [9.17, 15) is 9.50 Å². The Balaban J connectivity index is 1.96. The van der Waals surface area contributed by atoms with Crippen LogP contribution in [0.15, 0.2) is 53.0 Å². The molecule has 0 aliphatic heterocycles. The molecule has 2 rings (SSSR count). The van der Waals surface area contributed by atoms with Crippen LogP contribution in [0.5, 0.6) is 0 Å². The molecule has 0 aromatic heterocycles. The molecule has 2 nitrogen and oxygen atoms in total. The summed E-state index contributed by atoms with van der Waals surface area (Å²) >= 11 is 3.36. The zero-order valence-electron chi connectivity index (χ0n) is 9.61. The summed E-state index contributed by atoms with van der Waals surface area (Å²) in [5.41, 5.74) is 1.62. The van der Waals surface area contributed by atoms with Crippen LogP contribution in [0, 0.1) is 5.82 Å². The van der Waals surface area contributed by atoms with Crippen LogP contribution in [-0.2, 0) is 0 Å². The Morgan fingerprint density at radius 1 is 1.17 bits per heavy atom. The lowest BCUT2D eigenvalue weighted by molar-refractivity contribution is 0.191. The van der Waals surface area contributed by atoms with Crippen molar-refractivity contribution < 1.29 is 9.50 Å². The fourth-order valence-electron chi connectivity index (χ4n) is 1.61. The third kappa shape index (κ3) is 3.55. The maximum absolute atomic E-state index is 12.7. The van der Waals surface area contributed by atoms with Gasteiger partial charge < -0.3 is 10.4 Å². The number of hydrogen-bond acceptors (Lipinski definition) is 2. The maximum Gasteiger partial charge on any atom is 0.123 e. The van der Waals surface area contributed by atoms with Gasteiger partial charge in [0.1, 0.15) is 5.82 Å². The molecule has 0 saturated heterocycles. The van der Waals surface area contributed by atoms with Crippen molar-refractivity contribution in [3.05, 3.63) is 64.4 Å². The smallest absolute Gasteiger partial charge is 0.123 e. The number of halogens is 2. The normalized spacial score (nSPS) is 12.2. The molecular weight excluding hydrogens is 297 g/mol. The van der Waals surface area contributed by atoms with E-state index in [1.807, 2.05) is 24.3 Å². The number of hydrogen-bond donors (Lipinski definition) is 2. The van der Waals surface area contributed by atoms with Crippen LogP contribution in [0.4, 0.5) is 10.1 Å². The van der Waals surface area contributed by atoms with Gasteiger partial charge in [-0.05, 0) is 42.0 Å². The van der Waals surface area contributed by atoms with Gasteiger partial charge in [0.05, 0.1) is 6.10 Å². The average Bonchev–Trinajstić information content (AvgIpc) is 2.38. The van der Waals surface area contributed by atoms with E-state index in [1.54, 1.807) is 12.1 Å². The Kier molecular flexibility index (Phi) is 4.33. The zero-order chi connectivity index (χ0) is 13.0. The van der Waals surface area contributed by atoms with E-state index in [0.717, 1.165) is 15.7 Å². The van der Waals surface area contributed by atoms with Crippen LogP contribution in [0.1, 0.15) is 11.7 Å². The van der Waals surface area contributed by atoms with Gasteiger partial charge in [0.25, 0.3) is 0 Å². The molecule has 0 radical (unpaired) electrons. The molecule has 4 heteroatoms. The zero-order valence-corrected chi connectivity index (χ0v) is 11.2. The molecule has 0 amide bonds. The molecule has 1 unspecified atom stereocenters. The Morgan fingerprint density at radius 2 is 1.89 bits per heavy atom. The van der Waals surface area contributed by atoms with E-state index in [1.165, 1.54) is 12.1 Å². The van der Waals surface area contributed by atoms with Gasteiger partial charge >= 0.3 is 0 Å². The highest BCUT2D eigenvalue weighted by atomic mass is 79.9. The number of benzene rings is 2. The summed E-state index contributed by atoms with van der Waals surface area (Å²) in [7, 11) is 0. The molecule has 0 heterocycles. The minimum atomic E-state index is -0.604. The van der Waals surface area contributed by atoms with E-state index < -0.39 is 6.10 Å². The van der Waals surface area contributed by atoms with Crippen molar-refractivity contribution >= 4 is 21.6 Å². The van der Waals surface area contributed by atoms with E-state index in [4.69, 9.17) is 0 Å². The fraction of sp³-hybridized carbons (Fsp3) is 0.143. The van der Waals surface area contributed by atoms with Crippen molar-refractivity contribution in [2.75, 3.05) is 11.9 Å². The predicted molar refractivity (Wildman–Crippen MR) is 74.0 cm³/mol.